The van der Waals surface area contributed by atoms with Gasteiger partial charge in [-0.3, -0.25) is 9.59 Å². The molecule has 2 aliphatic rings. The molecule has 1 fully saturated rings. The lowest BCUT2D eigenvalue weighted by Gasteiger charge is -2.16. The highest BCUT2D eigenvalue weighted by Crippen LogP contribution is 2.36. The molecular weight excluding hydrogens is 372 g/mol. The molecule has 0 spiro atoms. The Balaban J connectivity index is 1.53. The van der Waals surface area contributed by atoms with Crippen LogP contribution in [0.4, 0.5) is 5.82 Å². The maximum absolute atomic E-state index is 12.6. The van der Waals surface area contributed by atoms with E-state index in [1.54, 1.807) is 16.4 Å². The summed E-state index contributed by atoms with van der Waals surface area (Å²) in [5.41, 5.74) is 4.00. The minimum Gasteiger partial charge on any atom is -0.345 e. The quantitative estimate of drug-likeness (QED) is 0.610. The van der Waals surface area contributed by atoms with Crippen molar-refractivity contribution < 1.29 is 9.59 Å². The molecule has 1 aromatic carbocycles. The van der Waals surface area contributed by atoms with Crippen molar-refractivity contribution in [2.75, 3.05) is 5.32 Å². The summed E-state index contributed by atoms with van der Waals surface area (Å²) in [6.45, 7) is 2.02. The van der Waals surface area contributed by atoms with Crippen LogP contribution in [0.1, 0.15) is 55.3 Å². The standard InChI is InChI=1S/C21H26N4O2S/c1-14-7-6-10-16(11-14)25-19(17-12-28-13-18(17)24-25)23-21(27)20(26)22-15-8-4-2-3-5-9-15/h6-7,10-11,15H,2-5,8-9,12-13H2,1H3,(H,22,26)(H,23,27). The molecule has 0 radical (unpaired) electrons. The SMILES string of the molecule is Cc1cccc(-n2nc3c(c2NC(=O)C(=O)NC2CCCCCC2)CSC3)c1. The van der Waals surface area contributed by atoms with Gasteiger partial charge in [-0.1, -0.05) is 37.8 Å². The van der Waals surface area contributed by atoms with E-state index in [1.807, 2.05) is 31.2 Å². The number of fused-ring (bicyclic) bond motifs is 1. The summed E-state index contributed by atoms with van der Waals surface area (Å²) < 4.78 is 1.76. The average molecular weight is 399 g/mol. The minimum absolute atomic E-state index is 0.101. The molecule has 2 aromatic rings. The van der Waals surface area contributed by atoms with Crippen LogP contribution in [0, 0.1) is 6.92 Å². The number of nitrogens with zero attached hydrogens (tertiary/aromatic N) is 2. The lowest BCUT2D eigenvalue weighted by molar-refractivity contribution is -0.136. The number of rotatable bonds is 3. The zero-order valence-corrected chi connectivity index (χ0v) is 17.0. The molecule has 1 aliphatic heterocycles. The van der Waals surface area contributed by atoms with E-state index in [-0.39, 0.29) is 6.04 Å². The first-order chi connectivity index (χ1) is 13.6. The van der Waals surface area contributed by atoms with Crippen LogP contribution in [0.15, 0.2) is 24.3 Å². The van der Waals surface area contributed by atoms with Crippen LogP contribution in [0.5, 0.6) is 0 Å². The number of aryl methyl sites for hydroxylation is 1. The number of amides is 2. The number of carbonyl (C=O) groups excluding carboxylic acids is 2. The molecule has 1 aliphatic carbocycles. The Morgan fingerprint density at radius 1 is 1.11 bits per heavy atom. The van der Waals surface area contributed by atoms with E-state index in [1.165, 1.54) is 12.8 Å². The van der Waals surface area contributed by atoms with Gasteiger partial charge >= 0.3 is 11.8 Å². The van der Waals surface area contributed by atoms with Crippen LogP contribution in [0.2, 0.25) is 0 Å². The highest BCUT2D eigenvalue weighted by Gasteiger charge is 2.27. The van der Waals surface area contributed by atoms with Crippen molar-refractivity contribution in [1.82, 2.24) is 15.1 Å². The number of benzene rings is 1. The van der Waals surface area contributed by atoms with E-state index in [0.717, 1.165) is 59.7 Å². The second-order valence-corrected chi connectivity index (χ2v) is 8.62. The smallest absolute Gasteiger partial charge is 0.314 e. The second-order valence-electron chi connectivity index (χ2n) is 7.63. The molecule has 0 unspecified atom stereocenters. The molecule has 1 aromatic heterocycles. The molecule has 1 saturated carbocycles. The molecule has 2 N–H and O–H groups in total. The summed E-state index contributed by atoms with van der Waals surface area (Å²) in [6, 6.07) is 8.08. The van der Waals surface area contributed by atoms with E-state index < -0.39 is 11.8 Å². The van der Waals surface area contributed by atoms with Crippen molar-refractivity contribution in [2.24, 2.45) is 0 Å². The molecular formula is C21H26N4O2S. The van der Waals surface area contributed by atoms with E-state index in [4.69, 9.17) is 5.10 Å². The Bertz CT molecular complexity index is 885. The zero-order valence-electron chi connectivity index (χ0n) is 16.2. The Kier molecular flexibility index (Phi) is 5.71. The van der Waals surface area contributed by atoms with E-state index in [2.05, 4.69) is 10.6 Å². The minimum atomic E-state index is -0.613. The molecule has 4 rings (SSSR count). The lowest BCUT2D eigenvalue weighted by Crippen LogP contribution is -2.42. The van der Waals surface area contributed by atoms with Crippen molar-refractivity contribution in [3.8, 4) is 5.69 Å². The Morgan fingerprint density at radius 3 is 2.64 bits per heavy atom. The lowest BCUT2D eigenvalue weighted by atomic mass is 10.1. The third-order valence-corrected chi connectivity index (χ3v) is 6.40. The van der Waals surface area contributed by atoms with Gasteiger partial charge in [0, 0.05) is 23.1 Å². The van der Waals surface area contributed by atoms with Crippen LogP contribution in [0.25, 0.3) is 5.69 Å². The van der Waals surface area contributed by atoms with Crippen LogP contribution in [-0.2, 0) is 21.1 Å². The number of hydrogen-bond acceptors (Lipinski definition) is 4. The van der Waals surface area contributed by atoms with Crippen molar-refractivity contribution >= 4 is 29.4 Å². The highest BCUT2D eigenvalue weighted by molar-refractivity contribution is 7.98. The Labute approximate surface area is 169 Å². The Morgan fingerprint density at radius 2 is 1.89 bits per heavy atom. The van der Waals surface area contributed by atoms with Gasteiger partial charge in [0.05, 0.1) is 11.4 Å². The van der Waals surface area contributed by atoms with Gasteiger partial charge < -0.3 is 10.6 Å². The summed E-state index contributed by atoms with van der Waals surface area (Å²) >= 11 is 1.77. The third kappa shape index (κ3) is 4.09. The third-order valence-electron chi connectivity index (χ3n) is 5.43. The molecule has 6 nitrogen and oxygen atoms in total. The van der Waals surface area contributed by atoms with Crippen LogP contribution in [-0.4, -0.2) is 27.6 Å². The first-order valence-corrected chi connectivity index (χ1v) is 11.1. The van der Waals surface area contributed by atoms with Crippen molar-refractivity contribution in [3.63, 3.8) is 0 Å². The maximum Gasteiger partial charge on any atom is 0.314 e. The van der Waals surface area contributed by atoms with E-state index in [0.29, 0.717) is 5.82 Å². The van der Waals surface area contributed by atoms with Crippen molar-refractivity contribution in [3.05, 3.63) is 41.1 Å². The van der Waals surface area contributed by atoms with Crippen LogP contribution >= 0.6 is 11.8 Å². The van der Waals surface area contributed by atoms with Crippen LogP contribution in [0.3, 0.4) is 0 Å². The Hall–Kier alpha value is -2.28. The monoisotopic (exact) mass is 398 g/mol. The van der Waals surface area contributed by atoms with Gasteiger partial charge in [0.25, 0.3) is 0 Å². The van der Waals surface area contributed by atoms with Crippen molar-refractivity contribution in [1.29, 1.82) is 0 Å². The topological polar surface area (TPSA) is 76.0 Å². The summed E-state index contributed by atoms with van der Waals surface area (Å²) in [7, 11) is 0. The van der Waals surface area contributed by atoms with Crippen LogP contribution < -0.4 is 10.6 Å². The molecule has 0 saturated heterocycles. The molecule has 28 heavy (non-hydrogen) atoms. The van der Waals surface area contributed by atoms with Gasteiger partial charge in [-0.05, 0) is 37.5 Å². The fourth-order valence-electron chi connectivity index (χ4n) is 3.93. The van der Waals surface area contributed by atoms with Gasteiger partial charge in [-0.25, -0.2) is 4.68 Å². The average Bonchev–Trinajstić information content (AvgIpc) is 3.16. The first-order valence-electron chi connectivity index (χ1n) is 9.99. The molecule has 7 heteroatoms. The fourth-order valence-corrected chi connectivity index (χ4v) is 4.96. The van der Waals surface area contributed by atoms with Gasteiger partial charge in [0.15, 0.2) is 0 Å². The normalized spacial score (nSPS) is 17.0. The number of thioether (sulfide) groups is 1. The largest absolute Gasteiger partial charge is 0.345 e. The number of carbonyl (C=O) groups is 2. The number of nitrogens with one attached hydrogen (secondary N) is 2. The number of anilines is 1. The molecule has 2 amide bonds. The highest BCUT2D eigenvalue weighted by atomic mass is 32.2. The van der Waals surface area contributed by atoms with E-state index >= 15 is 0 Å². The summed E-state index contributed by atoms with van der Waals surface area (Å²) in [6.07, 6.45) is 6.53. The zero-order chi connectivity index (χ0) is 19.5. The molecule has 148 valence electrons. The predicted molar refractivity (Wildman–Crippen MR) is 112 cm³/mol. The summed E-state index contributed by atoms with van der Waals surface area (Å²) in [4.78, 5) is 25.1. The first kappa shape index (κ1) is 19.1. The van der Waals surface area contributed by atoms with Gasteiger partial charge in [-0.2, -0.15) is 16.9 Å². The summed E-state index contributed by atoms with van der Waals surface area (Å²) in [5.74, 6) is 1.07. The van der Waals surface area contributed by atoms with Gasteiger partial charge in [-0.15, -0.1) is 0 Å². The predicted octanol–water partition coefficient (Wildman–Crippen LogP) is 3.71. The molecule has 0 bridgehead atoms. The summed E-state index contributed by atoms with van der Waals surface area (Å²) in [5, 5.41) is 10.5. The fraction of sp³-hybridized carbons (Fsp3) is 0.476. The molecule has 0 atom stereocenters. The van der Waals surface area contributed by atoms with Gasteiger partial charge in [0.2, 0.25) is 0 Å². The second kappa shape index (κ2) is 8.39. The number of hydrogen-bond donors (Lipinski definition) is 2. The van der Waals surface area contributed by atoms with Crippen molar-refractivity contribution in [2.45, 2.75) is 63.0 Å². The van der Waals surface area contributed by atoms with Gasteiger partial charge in [0.1, 0.15) is 5.82 Å². The number of aromatic nitrogens is 2. The van der Waals surface area contributed by atoms with E-state index in [9.17, 15) is 9.59 Å². The maximum atomic E-state index is 12.6. The molecule has 2 heterocycles.